The Balaban J connectivity index is 1.62. The van der Waals surface area contributed by atoms with Crippen molar-refractivity contribution in [3.8, 4) is 16.9 Å². The number of nitrogens with two attached hydrogens (primary N) is 1. The number of hydrogen-bond donors (Lipinski definition) is 1. The first-order valence-corrected chi connectivity index (χ1v) is 10.8. The maximum absolute atomic E-state index is 11.9. The number of esters is 1. The van der Waals surface area contributed by atoms with E-state index >= 15 is 0 Å². The minimum absolute atomic E-state index is 0.0514. The van der Waals surface area contributed by atoms with E-state index in [-0.39, 0.29) is 18.4 Å². The average Bonchev–Trinajstić information content (AvgIpc) is 3.27. The molecule has 0 aliphatic heterocycles. The molecule has 3 aromatic carbocycles. The summed E-state index contributed by atoms with van der Waals surface area (Å²) in [6.45, 7) is 4.49. The van der Waals surface area contributed by atoms with Gasteiger partial charge in [-0.05, 0) is 60.9 Å². The lowest BCUT2D eigenvalue weighted by Crippen LogP contribution is -2.09. The lowest BCUT2D eigenvalue weighted by Gasteiger charge is -2.13. The highest BCUT2D eigenvalue weighted by Gasteiger charge is 2.13. The van der Waals surface area contributed by atoms with Crippen LogP contribution in [-0.4, -0.2) is 12.6 Å². The maximum atomic E-state index is 11.9. The van der Waals surface area contributed by atoms with E-state index in [1.807, 2.05) is 49.4 Å². The second-order valence-corrected chi connectivity index (χ2v) is 7.77. The van der Waals surface area contributed by atoms with E-state index in [4.69, 9.17) is 19.6 Å². The van der Waals surface area contributed by atoms with Gasteiger partial charge < -0.3 is 19.6 Å². The van der Waals surface area contributed by atoms with Crippen LogP contribution in [0, 0.1) is 0 Å². The zero-order chi connectivity index (χ0) is 22.5. The van der Waals surface area contributed by atoms with Crippen LogP contribution in [0.25, 0.3) is 22.1 Å². The Morgan fingerprint density at radius 1 is 1.06 bits per heavy atom. The van der Waals surface area contributed by atoms with E-state index in [1.165, 1.54) is 0 Å². The number of hydrogen-bond acceptors (Lipinski definition) is 5. The van der Waals surface area contributed by atoms with Gasteiger partial charge in [-0.2, -0.15) is 0 Å². The fourth-order valence-corrected chi connectivity index (χ4v) is 3.75. The Labute approximate surface area is 187 Å². The summed E-state index contributed by atoms with van der Waals surface area (Å²) in [6.07, 6.45) is 1.88. The second-order valence-electron chi connectivity index (χ2n) is 7.77. The molecule has 0 aliphatic carbocycles. The molecule has 4 aromatic rings. The molecule has 1 unspecified atom stereocenters. The lowest BCUT2D eigenvalue weighted by molar-refractivity contribution is -0.142. The Morgan fingerprint density at radius 2 is 1.91 bits per heavy atom. The third-order valence-electron chi connectivity index (χ3n) is 5.34. The highest BCUT2D eigenvalue weighted by atomic mass is 16.5. The van der Waals surface area contributed by atoms with E-state index in [9.17, 15) is 4.79 Å². The molecule has 5 nitrogen and oxygen atoms in total. The molecule has 1 aromatic heterocycles. The van der Waals surface area contributed by atoms with Crippen LogP contribution in [0.2, 0.25) is 0 Å². The SMILES string of the molecule is CCOC(=O)Cc1ccccc1OCc1cc(-c2cccc(C(C)N)c2)c2occc2c1. The van der Waals surface area contributed by atoms with Crippen molar-refractivity contribution < 1.29 is 18.7 Å². The molecule has 5 heteroatoms. The third-order valence-corrected chi connectivity index (χ3v) is 5.34. The van der Waals surface area contributed by atoms with Crippen molar-refractivity contribution >= 4 is 16.9 Å². The Kier molecular flexibility index (Phi) is 6.57. The van der Waals surface area contributed by atoms with Gasteiger partial charge in [-0.25, -0.2) is 0 Å². The minimum atomic E-state index is -0.264. The molecule has 164 valence electrons. The summed E-state index contributed by atoms with van der Waals surface area (Å²) in [4.78, 5) is 11.9. The first-order chi connectivity index (χ1) is 15.5. The zero-order valence-corrected chi connectivity index (χ0v) is 18.3. The summed E-state index contributed by atoms with van der Waals surface area (Å²) in [5.74, 6) is 0.410. The van der Waals surface area contributed by atoms with Crippen LogP contribution in [0.4, 0.5) is 0 Å². The molecule has 32 heavy (non-hydrogen) atoms. The van der Waals surface area contributed by atoms with Crippen molar-refractivity contribution in [1.29, 1.82) is 0 Å². The van der Waals surface area contributed by atoms with Crippen LogP contribution < -0.4 is 10.5 Å². The van der Waals surface area contributed by atoms with Crippen molar-refractivity contribution in [2.45, 2.75) is 32.9 Å². The average molecular weight is 430 g/mol. The molecular weight excluding hydrogens is 402 g/mol. The topological polar surface area (TPSA) is 74.7 Å². The van der Waals surface area contributed by atoms with E-state index in [0.717, 1.165) is 38.8 Å². The molecule has 0 aliphatic rings. The van der Waals surface area contributed by atoms with Crippen LogP contribution in [0.5, 0.6) is 5.75 Å². The van der Waals surface area contributed by atoms with Gasteiger partial charge in [0.1, 0.15) is 17.9 Å². The predicted molar refractivity (Wildman–Crippen MR) is 125 cm³/mol. The monoisotopic (exact) mass is 429 g/mol. The molecule has 2 N–H and O–H groups in total. The highest BCUT2D eigenvalue weighted by Crippen LogP contribution is 2.33. The number of carbonyl (C=O) groups is 1. The van der Waals surface area contributed by atoms with Gasteiger partial charge >= 0.3 is 5.97 Å². The van der Waals surface area contributed by atoms with Crippen LogP contribution in [0.1, 0.15) is 36.6 Å². The van der Waals surface area contributed by atoms with Crippen LogP contribution in [0.3, 0.4) is 0 Å². The normalized spacial score (nSPS) is 12.0. The number of benzene rings is 3. The Bertz CT molecular complexity index is 1230. The van der Waals surface area contributed by atoms with E-state index < -0.39 is 0 Å². The molecule has 0 spiro atoms. The zero-order valence-electron chi connectivity index (χ0n) is 18.3. The van der Waals surface area contributed by atoms with Crippen LogP contribution in [0.15, 0.2) is 77.4 Å². The summed E-state index contributed by atoms with van der Waals surface area (Å²) in [5.41, 5.74) is 11.8. The van der Waals surface area contributed by atoms with Crippen molar-refractivity contribution in [1.82, 2.24) is 0 Å². The van der Waals surface area contributed by atoms with Gasteiger partial charge in [-0.15, -0.1) is 0 Å². The highest BCUT2D eigenvalue weighted by molar-refractivity contribution is 5.93. The molecule has 0 bridgehead atoms. The number of rotatable bonds is 8. The van der Waals surface area contributed by atoms with Gasteiger partial charge in [0.25, 0.3) is 0 Å². The summed E-state index contributed by atoms with van der Waals surface area (Å²) in [5, 5.41) is 1.01. The second kappa shape index (κ2) is 9.71. The van der Waals surface area contributed by atoms with Gasteiger partial charge in [0.2, 0.25) is 0 Å². The molecule has 4 rings (SSSR count). The van der Waals surface area contributed by atoms with Crippen LogP contribution >= 0.6 is 0 Å². The smallest absolute Gasteiger partial charge is 0.310 e. The fourth-order valence-electron chi connectivity index (χ4n) is 3.75. The standard InChI is InChI=1S/C27H27NO4/c1-3-30-26(29)16-22-7-4-5-10-25(22)32-17-19-13-23-11-12-31-27(23)24(14-19)21-9-6-8-20(15-21)18(2)28/h4-15,18H,3,16-17,28H2,1-2H3. The molecular formula is C27H27NO4. The van der Waals surface area contributed by atoms with Gasteiger partial charge in [0, 0.05) is 22.6 Å². The third kappa shape index (κ3) is 4.84. The molecule has 0 saturated heterocycles. The molecule has 0 saturated carbocycles. The number of para-hydroxylation sites is 1. The predicted octanol–water partition coefficient (Wildman–Crippen LogP) is 5.80. The summed E-state index contributed by atoms with van der Waals surface area (Å²) < 4.78 is 17.0. The van der Waals surface area contributed by atoms with E-state index in [0.29, 0.717) is 19.0 Å². The van der Waals surface area contributed by atoms with Gasteiger partial charge in [-0.3, -0.25) is 4.79 Å². The number of fused-ring (bicyclic) bond motifs is 1. The number of ether oxygens (including phenoxy) is 2. The molecule has 0 radical (unpaired) electrons. The molecule has 0 amide bonds. The minimum Gasteiger partial charge on any atom is -0.489 e. The fraction of sp³-hybridized carbons (Fsp3) is 0.222. The van der Waals surface area contributed by atoms with Crippen molar-refractivity contribution in [3.05, 3.63) is 89.7 Å². The summed E-state index contributed by atoms with van der Waals surface area (Å²) in [7, 11) is 0. The summed E-state index contributed by atoms with van der Waals surface area (Å²) >= 11 is 0. The first-order valence-electron chi connectivity index (χ1n) is 10.8. The van der Waals surface area contributed by atoms with Gasteiger partial charge in [0.05, 0.1) is 19.3 Å². The quantitative estimate of drug-likeness (QED) is 0.358. The van der Waals surface area contributed by atoms with Gasteiger partial charge in [-0.1, -0.05) is 36.4 Å². The molecule has 0 fully saturated rings. The maximum Gasteiger partial charge on any atom is 0.310 e. The first kappa shape index (κ1) is 21.7. The van der Waals surface area contributed by atoms with Crippen molar-refractivity contribution in [3.63, 3.8) is 0 Å². The van der Waals surface area contributed by atoms with Gasteiger partial charge in [0.15, 0.2) is 0 Å². The summed E-state index contributed by atoms with van der Waals surface area (Å²) in [6, 6.07) is 21.8. The van der Waals surface area contributed by atoms with Crippen molar-refractivity contribution in [2.24, 2.45) is 5.73 Å². The largest absolute Gasteiger partial charge is 0.489 e. The Hall–Kier alpha value is -3.57. The number of furan rings is 1. The lowest BCUT2D eigenvalue weighted by atomic mass is 9.97. The molecule has 1 atom stereocenters. The van der Waals surface area contributed by atoms with E-state index in [2.05, 4.69) is 24.3 Å². The Morgan fingerprint density at radius 3 is 2.72 bits per heavy atom. The van der Waals surface area contributed by atoms with E-state index in [1.54, 1.807) is 13.2 Å². The molecule has 1 heterocycles. The number of carbonyl (C=O) groups excluding carboxylic acids is 1. The van der Waals surface area contributed by atoms with Crippen LogP contribution in [-0.2, 0) is 22.6 Å². The van der Waals surface area contributed by atoms with Crippen molar-refractivity contribution in [2.75, 3.05) is 6.61 Å².